The van der Waals surface area contributed by atoms with Crippen LogP contribution in [0.15, 0.2) is 11.0 Å². The maximum Gasteiger partial charge on any atom is 0.311 e. The number of rotatable bonds is 6. The predicted octanol–water partition coefficient (Wildman–Crippen LogP) is 0.204. The van der Waals surface area contributed by atoms with Gasteiger partial charge in [-0.1, -0.05) is 11.3 Å². The van der Waals surface area contributed by atoms with Crippen molar-refractivity contribution in [1.29, 1.82) is 0 Å². The molecule has 27 heavy (non-hydrogen) atoms. The predicted molar refractivity (Wildman–Crippen MR) is 92.1 cm³/mol. The van der Waals surface area contributed by atoms with Crippen LogP contribution in [0.2, 0.25) is 0 Å². The molecule has 0 aliphatic carbocycles. The van der Waals surface area contributed by atoms with Crippen LogP contribution in [0.4, 0.5) is 5.95 Å². The molecule has 11 nitrogen and oxygen atoms in total. The fraction of sp³-hybridized carbons (Fsp3) is 0.467. The molecule has 1 aliphatic heterocycles. The molecule has 1 amide bonds. The lowest BCUT2D eigenvalue weighted by molar-refractivity contribution is -0.155. The summed E-state index contributed by atoms with van der Waals surface area (Å²) in [5.41, 5.74) is 0.282. The van der Waals surface area contributed by atoms with Crippen LogP contribution in [0.1, 0.15) is 26.5 Å². The van der Waals surface area contributed by atoms with Gasteiger partial charge in [-0.25, -0.2) is 4.98 Å². The monoisotopic (exact) mass is 396 g/mol. The SMILES string of the molecule is CC(=O)OC[C@H]1O[C@@H](n2c(=O)sc3cnc(NC=O)nc32)C[C@H]1OC(C)=O. The summed E-state index contributed by atoms with van der Waals surface area (Å²) in [6.45, 7) is 2.39. The molecule has 3 heterocycles. The number of ether oxygens (including phenoxy) is 3. The molecule has 1 N–H and O–H groups in total. The number of hydrogen-bond acceptors (Lipinski definition) is 10. The fourth-order valence-electron chi connectivity index (χ4n) is 2.76. The Balaban J connectivity index is 1.92. The van der Waals surface area contributed by atoms with E-state index in [1.54, 1.807) is 0 Å². The number of nitrogens with zero attached hydrogens (tertiary/aromatic N) is 3. The Morgan fingerprint density at radius 3 is 2.89 bits per heavy atom. The number of hydrogen-bond donors (Lipinski definition) is 1. The van der Waals surface area contributed by atoms with Crippen LogP contribution >= 0.6 is 11.3 Å². The third-order valence-electron chi connectivity index (χ3n) is 3.78. The fourth-order valence-corrected chi connectivity index (χ4v) is 3.59. The largest absolute Gasteiger partial charge is 0.463 e. The molecule has 12 heteroatoms. The molecule has 3 rings (SSSR count). The highest BCUT2D eigenvalue weighted by Gasteiger charge is 2.40. The normalized spacial score (nSPS) is 21.8. The number of thiazole rings is 1. The molecule has 144 valence electrons. The zero-order valence-electron chi connectivity index (χ0n) is 14.4. The molecule has 1 saturated heterocycles. The summed E-state index contributed by atoms with van der Waals surface area (Å²) in [5.74, 6) is -0.978. The second-order valence-electron chi connectivity index (χ2n) is 5.70. The van der Waals surface area contributed by atoms with Gasteiger partial charge in [0, 0.05) is 20.3 Å². The zero-order chi connectivity index (χ0) is 19.6. The number of carbonyl (C=O) groups excluding carboxylic acids is 3. The first-order valence-corrected chi connectivity index (χ1v) is 8.75. The first-order chi connectivity index (χ1) is 12.9. The first-order valence-electron chi connectivity index (χ1n) is 7.93. The molecule has 2 aromatic heterocycles. The van der Waals surface area contributed by atoms with E-state index < -0.39 is 30.4 Å². The van der Waals surface area contributed by atoms with Crippen molar-refractivity contribution in [3.63, 3.8) is 0 Å². The van der Waals surface area contributed by atoms with Gasteiger partial charge in [0.15, 0.2) is 5.65 Å². The maximum absolute atomic E-state index is 12.4. The summed E-state index contributed by atoms with van der Waals surface area (Å²) < 4.78 is 17.8. The molecular weight excluding hydrogens is 380 g/mol. The van der Waals surface area contributed by atoms with Gasteiger partial charge in [-0.3, -0.25) is 29.1 Å². The van der Waals surface area contributed by atoms with E-state index in [1.165, 1.54) is 24.6 Å². The highest BCUT2D eigenvalue weighted by atomic mass is 32.1. The van der Waals surface area contributed by atoms with E-state index in [1.807, 2.05) is 0 Å². The summed E-state index contributed by atoms with van der Waals surface area (Å²) in [6.07, 6.45) is -0.172. The minimum absolute atomic E-state index is 0.0371. The lowest BCUT2D eigenvalue weighted by Gasteiger charge is -2.17. The van der Waals surface area contributed by atoms with E-state index in [4.69, 9.17) is 14.2 Å². The summed E-state index contributed by atoms with van der Waals surface area (Å²) in [7, 11) is 0. The van der Waals surface area contributed by atoms with E-state index >= 15 is 0 Å². The van der Waals surface area contributed by atoms with Crippen LogP contribution in [0, 0.1) is 0 Å². The van der Waals surface area contributed by atoms with Crippen LogP contribution in [0.3, 0.4) is 0 Å². The summed E-state index contributed by atoms with van der Waals surface area (Å²) in [6, 6.07) is 0. The molecular formula is C15H16N4O7S. The number of esters is 2. The van der Waals surface area contributed by atoms with Gasteiger partial charge in [-0.2, -0.15) is 4.98 Å². The number of aromatic nitrogens is 3. The van der Waals surface area contributed by atoms with Crippen molar-refractivity contribution < 1.29 is 28.6 Å². The molecule has 0 aromatic carbocycles. The lowest BCUT2D eigenvalue weighted by Crippen LogP contribution is -2.31. The van der Waals surface area contributed by atoms with Crippen LogP contribution < -0.4 is 10.2 Å². The Morgan fingerprint density at radius 2 is 2.22 bits per heavy atom. The minimum atomic E-state index is -0.782. The highest BCUT2D eigenvalue weighted by Crippen LogP contribution is 2.33. The van der Waals surface area contributed by atoms with Crippen molar-refractivity contribution in [2.24, 2.45) is 0 Å². The Labute approximate surface area is 156 Å². The Morgan fingerprint density at radius 1 is 1.44 bits per heavy atom. The van der Waals surface area contributed by atoms with Gasteiger partial charge in [0.25, 0.3) is 0 Å². The number of carbonyl (C=O) groups is 3. The summed E-state index contributed by atoms with van der Waals surface area (Å²) in [5, 5.41) is 2.32. The van der Waals surface area contributed by atoms with E-state index in [0.717, 1.165) is 11.3 Å². The van der Waals surface area contributed by atoms with Gasteiger partial charge < -0.3 is 14.2 Å². The molecule has 2 aromatic rings. The molecule has 0 saturated carbocycles. The zero-order valence-corrected chi connectivity index (χ0v) is 15.2. The molecule has 0 bridgehead atoms. The van der Waals surface area contributed by atoms with Crippen LogP contribution in [0.5, 0.6) is 0 Å². The highest BCUT2D eigenvalue weighted by molar-refractivity contribution is 7.16. The summed E-state index contributed by atoms with van der Waals surface area (Å²) in [4.78, 5) is 53.2. The number of amides is 1. The Bertz CT molecular complexity index is 940. The molecule has 0 spiro atoms. The van der Waals surface area contributed by atoms with Gasteiger partial charge in [-0.15, -0.1) is 0 Å². The van der Waals surface area contributed by atoms with Gasteiger partial charge in [0.2, 0.25) is 12.4 Å². The van der Waals surface area contributed by atoms with Gasteiger partial charge >= 0.3 is 16.8 Å². The first kappa shape index (κ1) is 18.9. The third kappa shape index (κ3) is 4.11. The van der Waals surface area contributed by atoms with Crippen molar-refractivity contribution in [1.82, 2.24) is 14.5 Å². The standard InChI is InChI=1S/C15H16N4O7S/c1-7(21)24-5-10-9(25-8(2)22)3-12(26-10)19-13-11(27-15(19)23)4-16-14(18-13)17-6-20/h4,6,9-10,12H,3,5H2,1-2H3,(H,16,17,18,20)/t9-,10-,12-/m1/s1. The number of fused-ring (bicyclic) bond motifs is 1. The van der Waals surface area contributed by atoms with Crippen molar-refractivity contribution in [2.45, 2.75) is 38.7 Å². The third-order valence-corrected chi connectivity index (χ3v) is 4.66. The second-order valence-corrected chi connectivity index (χ2v) is 6.69. The van der Waals surface area contributed by atoms with E-state index in [9.17, 15) is 19.2 Å². The smallest absolute Gasteiger partial charge is 0.311 e. The molecule has 1 aliphatic rings. The van der Waals surface area contributed by atoms with Gasteiger partial charge in [0.1, 0.15) is 25.0 Å². The lowest BCUT2D eigenvalue weighted by atomic mass is 10.2. The van der Waals surface area contributed by atoms with Crippen molar-refractivity contribution in [2.75, 3.05) is 11.9 Å². The van der Waals surface area contributed by atoms with Crippen LogP contribution in [-0.4, -0.2) is 51.7 Å². The molecule has 0 unspecified atom stereocenters. The topological polar surface area (TPSA) is 139 Å². The van der Waals surface area contributed by atoms with Crippen LogP contribution in [0.25, 0.3) is 10.3 Å². The molecule has 0 radical (unpaired) electrons. The minimum Gasteiger partial charge on any atom is -0.463 e. The van der Waals surface area contributed by atoms with Gasteiger partial charge in [0.05, 0.1) is 10.9 Å². The van der Waals surface area contributed by atoms with E-state index in [-0.39, 0.29) is 29.5 Å². The van der Waals surface area contributed by atoms with Gasteiger partial charge in [-0.05, 0) is 0 Å². The maximum atomic E-state index is 12.4. The Kier molecular flexibility index (Phi) is 5.46. The van der Waals surface area contributed by atoms with Crippen molar-refractivity contribution in [3.05, 3.63) is 15.9 Å². The van der Waals surface area contributed by atoms with Crippen LogP contribution in [-0.2, 0) is 28.6 Å². The molecule has 1 fully saturated rings. The average molecular weight is 396 g/mol. The van der Waals surface area contributed by atoms with E-state index in [0.29, 0.717) is 11.1 Å². The summed E-state index contributed by atoms with van der Waals surface area (Å²) >= 11 is 0.920. The second kappa shape index (κ2) is 7.80. The quantitative estimate of drug-likeness (QED) is 0.536. The average Bonchev–Trinajstić information content (AvgIpc) is 3.12. The number of nitrogens with one attached hydrogen (secondary N) is 1. The van der Waals surface area contributed by atoms with Crippen molar-refractivity contribution >= 4 is 46.0 Å². The van der Waals surface area contributed by atoms with Crippen molar-refractivity contribution in [3.8, 4) is 0 Å². The Hall–Kier alpha value is -2.86. The number of anilines is 1. The van der Waals surface area contributed by atoms with E-state index in [2.05, 4.69) is 15.3 Å². The molecule has 3 atom stereocenters.